The highest BCUT2D eigenvalue weighted by Gasteiger charge is 2.32. The van der Waals surface area contributed by atoms with Crippen LogP contribution in [-0.4, -0.2) is 46.2 Å². The second kappa shape index (κ2) is 8.82. The number of aromatic amines is 1. The van der Waals surface area contributed by atoms with E-state index >= 15 is 0 Å². The molecule has 2 N–H and O–H groups in total. The van der Waals surface area contributed by atoms with Crippen LogP contribution >= 0.6 is 0 Å². The van der Waals surface area contributed by atoms with E-state index in [0.717, 1.165) is 70.9 Å². The lowest BCUT2D eigenvalue weighted by Gasteiger charge is -2.35. The van der Waals surface area contributed by atoms with Crippen LogP contribution in [0.1, 0.15) is 42.5 Å². The number of urea groups is 1. The molecule has 0 atom stereocenters. The Balaban J connectivity index is 1.31. The molecule has 2 aromatic heterocycles. The molecule has 0 bridgehead atoms. The van der Waals surface area contributed by atoms with Crippen LogP contribution in [-0.2, 0) is 11.3 Å². The molecule has 2 aliphatic carbocycles. The lowest BCUT2D eigenvalue weighted by atomic mass is 10.0. The molecule has 2 amide bonds. The van der Waals surface area contributed by atoms with Gasteiger partial charge in [-0.05, 0) is 50.3 Å². The zero-order chi connectivity index (χ0) is 24.8. The molecule has 9 heteroatoms. The molecule has 3 heterocycles. The summed E-state index contributed by atoms with van der Waals surface area (Å²) in [4.78, 5) is 34.0. The van der Waals surface area contributed by atoms with Crippen molar-refractivity contribution in [3.05, 3.63) is 65.3 Å². The number of nitrogens with zero attached hydrogens (tertiary/aromatic N) is 5. The average molecular weight is 484 g/mol. The van der Waals surface area contributed by atoms with Gasteiger partial charge in [0.2, 0.25) is 5.95 Å². The number of amides is 2. The van der Waals surface area contributed by atoms with Crippen LogP contribution in [0.25, 0.3) is 17.0 Å². The Labute approximate surface area is 209 Å². The zero-order valence-electron chi connectivity index (χ0n) is 20.7. The molecule has 0 spiro atoms. The van der Waals surface area contributed by atoms with E-state index in [1.807, 2.05) is 43.6 Å². The maximum atomic E-state index is 13.4. The van der Waals surface area contributed by atoms with Gasteiger partial charge in [0, 0.05) is 41.7 Å². The van der Waals surface area contributed by atoms with Gasteiger partial charge in [0.1, 0.15) is 17.4 Å². The van der Waals surface area contributed by atoms with Gasteiger partial charge in [-0.3, -0.25) is 9.80 Å². The van der Waals surface area contributed by atoms with Crippen LogP contribution in [0.4, 0.5) is 22.2 Å². The Bertz CT molecular complexity index is 1400. The van der Waals surface area contributed by atoms with E-state index in [2.05, 4.69) is 31.3 Å². The van der Waals surface area contributed by atoms with Gasteiger partial charge < -0.3 is 15.0 Å². The lowest BCUT2D eigenvalue weighted by molar-refractivity contribution is 0.251. The van der Waals surface area contributed by atoms with Crippen molar-refractivity contribution in [3.63, 3.8) is 0 Å². The van der Waals surface area contributed by atoms with Crippen molar-refractivity contribution in [3.8, 4) is 11.4 Å². The molecule has 1 saturated carbocycles. The standard InChI is InChI=1S/C27H29N7O2/c1-16-8-9-17(24-28-14-21(31-24)20-6-4-5-7-23(20)36-3)12-22(16)34-15-18-13-29-26(30-19-10-11-19)32-25(18)33(2)27(34)35/h5,7-9,12-14,19H,4,6,10-11,15H2,1-3H3,(H,28,31)(H,29,30,32). The maximum absolute atomic E-state index is 13.4. The van der Waals surface area contributed by atoms with E-state index in [-0.39, 0.29) is 6.03 Å². The van der Waals surface area contributed by atoms with Gasteiger partial charge in [0.25, 0.3) is 0 Å². The Morgan fingerprint density at radius 2 is 2.06 bits per heavy atom. The molecule has 0 radical (unpaired) electrons. The number of ether oxygens (including phenoxy) is 1. The van der Waals surface area contributed by atoms with Crippen molar-refractivity contribution in [2.24, 2.45) is 0 Å². The monoisotopic (exact) mass is 483 g/mol. The van der Waals surface area contributed by atoms with Crippen molar-refractivity contribution in [2.45, 2.75) is 45.2 Å². The number of methoxy groups -OCH3 is 1. The predicted molar refractivity (Wildman–Crippen MR) is 140 cm³/mol. The number of carbonyl (C=O) groups excluding carboxylic acids is 1. The summed E-state index contributed by atoms with van der Waals surface area (Å²) >= 11 is 0. The SMILES string of the molecule is COC1=C(c2cnc(-c3ccc(C)c(N4Cc5cnc(NC6CC6)nc5N(C)C4=O)c3)[nH]2)CCC=C1. The van der Waals surface area contributed by atoms with Gasteiger partial charge in [-0.25, -0.2) is 14.8 Å². The summed E-state index contributed by atoms with van der Waals surface area (Å²) < 4.78 is 5.55. The number of benzene rings is 1. The number of nitrogens with one attached hydrogen (secondary N) is 2. The molecule has 3 aliphatic rings. The highest BCUT2D eigenvalue weighted by molar-refractivity contribution is 6.05. The van der Waals surface area contributed by atoms with Crippen molar-refractivity contribution >= 4 is 29.1 Å². The summed E-state index contributed by atoms with van der Waals surface area (Å²) in [5.74, 6) is 2.85. The van der Waals surface area contributed by atoms with Crippen molar-refractivity contribution in [2.75, 3.05) is 29.3 Å². The van der Waals surface area contributed by atoms with E-state index in [0.29, 0.717) is 24.4 Å². The second-order valence-electron chi connectivity index (χ2n) is 9.52. The summed E-state index contributed by atoms with van der Waals surface area (Å²) in [6.07, 6.45) is 11.9. The summed E-state index contributed by atoms with van der Waals surface area (Å²) in [6, 6.07) is 6.40. The number of hydrogen-bond acceptors (Lipinski definition) is 6. The quantitative estimate of drug-likeness (QED) is 0.510. The predicted octanol–water partition coefficient (Wildman–Crippen LogP) is 5.03. The highest BCUT2D eigenvalue weighted by Crippen LogP contribution is 2.35. The third kappa shape index (κ3) is 4.00. The fourth-order valence-electron chi connectivity index (χ4n) is 4.75. The second-order valence-corrected chi connectivity index (χ2v) is 9.52. The third-order valence-electron chi connectivity index (χ3n) is 6.94. The minimum Gasteiger partial charge on any atom is -0.496 e. The van der Waals surface area contributed by atoms with Crippen molar-refractivity contribution in [1.82, 2.24) is 19.9 Å². The first-order valence-corrected chi connectivity index (χ1v) is 12.3. The Morgan fingerprint density at radius 3 is 2.86 bits per heavy atom. The molecule has 1 aromatic carbocycles. The minimum absolute atomic E-state index is 0.122. The van der Waals surface area contributed by atoms with E-state index in [4.69, 9.17) is 4.74 Å². The van der Waals surface area contributed by atoms with Gasteiger partial charge in [-0.2, -0.15) is 4.98 Å². The Morgan fingerprint density at radius 1 is 1.19 bits per heavy atom. The van der Waals surface area contributed by atoms with Gasteiger partial charge in [0.15, 0.2) is 0 Å². The van der Waals surface area contributed by atoms with Crippen molar-refractivity contribution in [1.29, 1.82) is 0 Å². The number of aromatic nitrogens is 4. The molecule has 1 fully saturated rings. The number of rotatable bonds is 6. The fraction of sp³-hybridized carbons (Fsp3) is 0.333. The number of carbonyl (C=O) groups is 1. The first kappa shape index (κ1) is 22.3. The zero-order valence-corrected chi connectivity index (χ0v) is 20.7. The molecular weight excluding hydrogens is 454 g/mol. The van der Waals surface area contributed by atoms with E-state index in [1.165, 1.54) is 0 Å². The van der Waals surface area contributed by atoms with E-state index in [9.17, 15) is 4.79 Å². The summed E-state index contributed by atoms with van der Waals surface area (Å²) in [5.41, 5.74) is 5.73. The minimum atomic E-state index is -0.122. The molecule has 36 heavy (non-hydrogen) atoms. The van der Waals surface area contributed by atoms with Crippen molar-refractivity contribution < 1.29 is 9.53 Å². The van der Waals surface area contributed by atoms with Crippen LogP contribution < -0.4 is 15.1 Å². The first-order valence-electron chi connectivity index (χ1n) is 12.3. The van der Waals surface area contributed by atoms with Crippen LogP contribution in [0, 0.1) is 6.92 Å². The number of imidazole rings is 1. The largest absolute Gasteiger partial charge is 0.496 e. The number of aryl methyl sites for hydroxylation is 1. The lowest BCUT2D eigenvalue weighted by Crippen LogP contribution is -2.46. The maximum Gasteiger partial charge on any atom is 0.330 e. The normalized spacial score (nSPS) is 17.5. The Kier molecular flexibility index (Phi) is 5.47. The van der Waals surface area contributed by atoms with E-state index < -0.39 is 0 Å². The van der Waals surface area contributed by atoms with Gasteiger partial charge in [-0.15, -0.1) is 0 Å². The van der Waals surface area contributed by atoms with Gasteiger partial charge >= 0.3 is 6.03 Å². The van der Waals surface area contributed by atoms with Crippen LogP contribution in [0.2, 0.25) is 0 Å². The molecule has 3 aromatic rings. The van der Waals surface area contributed by atoms with Gasteiger partial charge in [0.05, 0.1) is 25.5 Å². The fourth-order valence-corrected chi connectivity index (χ4v) is 4.75. The topological polar surface area (TPSA) is 99.3 Å². The average Bonchev–Trinajstić information content (AvgIpc) is 3.58. The summed E-state index contributed by atoms with van der Waals surface area (Å²) in [5, 5.41) is 3.31. The van der Waals surface area contributed by atoms with Crippen LogP contribution in [0.5, 0.6) is 0 Å². The molecule has 9 nitrogen and oxygen atoms in total. The number of hydrogen-bond donors (Lipinski definition) is 2. The Hall–Kier alpha value is -4.14. The summed E-state index contributed by atoms with van der Waals surface area (Å²) in [6.45, 7) is 2.42. The highest BCUT2D eigenvalue weighted by atomic mass is 16.5. The number of allylic oxidation sites excluding steroid dienone is 3. The van der Waals surface area contributed by atoms with Crippen LogP contribution in [0.3, 0.4) is 0 Å². The van der Waals surface area contributed by atoms with Gasteiger partial charge in [-0.1, -0.05) is 18.2 Å². The van der Waals surface area contributed by atoms with E-state index in [1.54, 1.807) is 24.0 Å². The molecule has 0 unspecified atom stereocenters. The third-order valence-corrected chi connectivity index (χ3v) is 6.94. The number of anilines is 3. The number of H-pyrrole nitrogens is 1. The molecule has 1 aliphatic heterocycles. The molecule has 0 saturated heterocycles. The molecular formula is C27H29N7O2. The number of fused-ring (bicyclic) bond motifs is 1. The smallest absolute Gasteiger partial charge is 0.330 e. The van der Waals surface area contributed by atoms with Crippen LogP contribution in [0.15, 0.2) is 48.5 Å². The summed E-state index contributed by atoms with van der Waals surface area (Å²) in [7, 11) is 3.45. The molecule has 184 valence electrons. The first-order chi connectivity index (χ1) is 17.5. The molecule has 6 rings (SSSR count).